The van der Waals surface area contributed by atoms with Gasteiger partial charge in [0.1, 0.15) is 0 Å². The second kappa shape index (κ2) is 6.71. The van der Waals surface area contributed by atoms with E-state index in [1.165, 1.54) is 24.8 Å². The van der Waals surface area contributed by atoms with Gasteiger partial charge in [-0.2, -0.15) is 0 Å². The molecule has 4 aliphatic carbocycles. The van der Waals surface area contributed by atoms with Gasteiger partial charge in [-0.3, -0.25) is 4.79 Å². The standard InChI is InChI=1S/C22H29NO3/c1-3-15-4-6-19(7-5-15)21(25)26-14(2)20(24)23-22-11-16-8-17(12-22)10-18(9-16)13-22/h4-7,14,16-18H,3,8-13H2,1-2H3,(H,23,24)/t14-,16?,17?,18?,22?/m0/s1. The van der Waals surface area contributed by atoms with E-state index in [1.807, 2.05) is 12.1 Å². The molecular formula is C22H29NO3. The molecule has 1 atom stereocenters. The summed E-state index contributed by atoms with van der Waals surface area (Å²) in [4.78, 5) is 25.0. The number of benzene rings is 1. The fraction of sp³-hybridized carbons (Fsp3) is 0.636. The van der Waals surface area contributed by atoms with Gasteiger partial charge in [0.25, 0.3) is 5.91 Å². The number of rotatable bonds is 5. The van der Waals surface area contributed by atoms with E-state index in [-0.39, 0.29) is 11.4 Å². The van der Waals surface area contributed by atoms with Crippen LogP contribution in [0.5, 0.6) is 0 Å². The Hall–Kier alpha value is -1.84. The number of esters is 1. The molecule has 0 spiro atoms. The number of nitrogens with one attached hydrogen (secondary N) is 1. The van der Waals surface area contributed by atoms with Gasteiger partial charge in [0.2, 0.25) is 0 Å². The lowest BCUT2D eigenvalue weighted by Crippen LogP contribution is -2.61. The minimum absolute atomic E-state index is 0.0464. The summed E-state index contributed by atoms with van der Waals surface area (Å²) in [6.07, 6.45) is 7.49. The summed E-state index contributed by atoms with van der Waals surface area (Å²) in [5.41, 5.74) is 1.63. The minimum atomic E-state index is -0.763. The molecule has 1 aromatic rings. The molecule has 0 aromatic heterocycles. The van der Waals surface area contributed by atoms with Crippen LogP contribution in [0.1, 0.15) is 68.3 Å². The topological polar surface area (TPSA) is 55.4 Å². The zero-order chi connectivity index (χ0) is 18.3. The van der Waals surface area contributed by atoms with E-state index in [2.05, 4.69) is 12.2 Å². The summed E-state index contributed by atoms with van der Waals surface area (Å²) in [5.74, 6) is 1.75. The van der Waals surface area contributed by atoms with Gasteiger partial charge in [-0.25, -0.2) is 4.79 Å². The largest absolute Gasteiger partial charge is 0.449 e. The molecule has 0 saturated heterocycles. The average Bonchev–Trinajstić information content (AvgIpc) is 2.60. The van der Waals surface area contributed by atoms with E-state index in [0.717, 1.165) is 43.4 Å². The van der Waals surface area contributed by atoms with Crippen molar-refractivity contribution in [2.24, 2.45) is 17.8 Å². The molecule has 5 rings (SSSR count). The van der Waals surface area contributed by atoms with Crippen molar-refractivity contribution in [1.29, 1.82) is 0 Å². The summed E-state index contributed by atoms with van der Waals surface area (Å²) < 4.78 is 5.43. The number of ether oxygens (including phenoxy) is 1. The molecule has 140 valence electrons. The number of carbonyl (C=O) groups excluding carboxylic acids is 2. The molecule has 4 bridgehead atoms. The first kappa shape index (κ1) is 17.6. The third-order valence-electron chi connectivity index (χ3n) is 6.68. The van der Waals surface area contributed by atoms with Gasteiger partial charge in [-0.05, 0) is 87.3 Å². The molecule has 4 aliphatic rings. The Bertz CT molecular complexity index is 659. The summed E-state index contributed by atoms with van der Waals surface area (Å²) >= 11 is 0. The Morgan fingerprint density at radius 2 is 1.62 bits per heavy atom. The van der Waals surface area contributed by atoms with Crippen molar-refractivity contribution < 1.29 is 14.3 Å². The van der Waals surface area contributed by atoms with Crippen molar-refractivity contribution in [3.05, 3.63) is 35.4 Å². The quantitative estimate of drug-likeness (QED) is 0.816. The molecule has 0 heterocycles. The van der Waals surface area contributed by atoms with Gasteiger partial charge in [0.15, 0.2) is 6.10 Å². The van der Waals surface area contributed by atoms with Crippen LogP contribution in [0.4, 0.5) is 0 Å². The molecule has 4 nitrogen and oxygen atoms in total. The minimum Gasteiger partial charge on any atom is -0.449 e. The maximum Gasteiger partial charge on any atom is 0.338 e. The van der Waals surface area contributed by atoms with Crippen LogP contribution < -0.4 is 5.32 Å². The highest BCUT2D eigenvalue weighted by Crippen LogP contribution is 2.55. The van der Waals surface area contributed by atoms with Gasteiger partial charge in [0.05, 0.1) is 5.56 Å². The van der Waals surface area contributed by atoms with Crippen LogP contribution in [0.3, 0.4) is 0 Å². The Kier molecular flexibility index (Phi) is 4.54. The predicted molar refractivity (Wildman–Crippen MR) is 99.7 cm³/mol. The van der Waals surface area contributed by atoms with E-state index < -0.39 is 12.1 Å². The normalized spacial score (nSPS) is 32.9. The molecule has 26 heavy (non-hydrogen) atoms. The molecule has 0 unspecified atom stereocenters. The molecule has 1 amide bonds. The fourth-order valence-corrected chi connectivity index (χ4v) is 5.79. The molecular weight excluding hydrogens is 326 g/mol. The molecule has 4 saturated carbocycles. The SMILES string of the molecule is CCc1ccc(C(=O)O[C@@H](C)C(=O)NC23CC4CC(CC(C4)C2)C3)cc1. The summed E-state index contributed by atoms with van der Waals surface area (Å²) in [6.45, 7) is 3.75. The van der Waals surface area contributed by atoms with E-state index in [4.69, 9.17) is 4.74 Å². The zero-order valence-corrected chi connectivity index (χ0v) is 15.8. The van der Waals surface area contributed by atoms with Crippen LogP contribution in [0.15, 0.2) is 24.3 Å². The molecule has 1 aromatic carbocycles. The van der Waals surface area contributed by atoms with E-state index >= 15 is 0 Å². The fourth-order valence-electron chi connectivity index (χ4n) is 5.79. The van der Waals surface area contributed by atoms with Crippen molar-refractivity contribution in [1.82, 2.24) is 5.32 Å². The lowest BCUT2D eigenvalue weighted by Gasteiger charge is -2.57. The van der Waals surface area contributed by atoms with Gasteiger partial charge < -0.3 is 10.1 Å². The molecule has 0 aliphatic heterocycles. The number of hydrogen-bond acceptors (Lipinski definition) is 3. The first-order valence-electron chi connectivity index (χ1n) is 10.1. The maximum atomic E-state index is 12.7. The van der Waals surface area contributed by atoms with Gasteiger partial charge >= 0.3 is 5.97 Å². The van der Waals surface area contributed by atoms with Crippen molar-refractivity contribution in [2.45, 2.75) is 70.4 Å². The Labute approximate surface area is 155 Å². The average molecular weight is 355 g/mol. The summed E-state index contributed by atoms with van der Waals surface area (Å²) in [6, 6.07) is 7.39. The second-order valence-corrected chi connectivity index (χ2v) is 8.79. The van der Waals surface area contributed by atoms with Crippen LogP contribution in [-0.2, 0) is 16.0 Å². The molecule has 0 radical (unpaired) electrons. The first-order valence-corrected chi connectivity index (χ1v) is 10.1. The van der Waals surface area contributed by atoms with Crippen molar-refractivity contribution >= 4 is 11.9 Å². The molecule has 4 fully saturated rings. The van der Waals surface area contributed by atoms with E-state index in [9.17, 15) is 9.59 Å². The van der Waals surface area contributed by atoms with Crippen molar-refractivity contribution in [2.75, 3.05) is 0 Å². The maximum absolute atomic E-state index is 12.7. The Morgan fingerprint density at radius 1 is 1.08 bits per heavy atom. The van der Waals surface area contributed by atoms with Crippen LogP contribution >= 0.6 is 0 Å². The number of carbonyl (C=O) groups is 2. The van der Waals surface area contributed by atoms with Crippen LogP contribution in [-0.4, -0.2) is 23.5 Å². The number of aryl methyl sites for hydroxylation is 1. The van der Waals surface area contributed by atoms with Gasteiger partial charge in [-0.1, -0.05) is 19.1 Å². The smallest absolute Gasteiger partial charge is 0.338 e. The Balaban J connectivity index is 1.36. The lowest BCUT2D eigenvalue weighted by molar-refractivity contribution is -0.134. The monoisotopic (exact) mass is 355 g/mol. The highest BCUT2D eigenvalue weighted by molar-refractivity contribution is 5.92. The number of hydrogen-bond donors (Lipinski definition) is 1. The van der Waals surface area contributed by atoms with Gasteiger partial charge in [0, 0.05) is 5.54 Å². The van der Waals surface area contributed by atoms with E-state index in [1.54, 1.807) is 19.1 Å². The number of amides is 1. The van der Waals surface area contributed by atoms with Crippen LogP contribution in [0.25, 0.3) is 0 Å². The highest BCUT2D eigenvalue weighted by Gasteiger charge is 2.51. The highest BCUT2D eigenvalue weighted by atomic mass is 16.5. The van der Waals surface area contributed by atoms with Crippen LogP contribution in [0.2, 0.25) is 0 Å². The van der Waals surface area contributed by atoms with Gasteiger partial charge in [-0.15, -0.1) is 0 Å². The molecule has 4 heteroatoms. The summed E-state index contributed by atoms with van der Waals surface area (Å²) in [7, 11) is 0. The Morgan fingerprint density at radius 3 is 2.12 bits per heavy atom. The van der Waals surface area contributed by atoms with E-state index in [0.29, 0.717) is 5.56 Å². The zero-order valence-electron chi connectivity index (χ0n) is 15.8. The van der Waals surface area contributed by atoms with Crippen LogP contribution in [0, 0.1) is 17.8 Å². The van der Waals surface area contributed by atoms with Crippen molar-refractivity contribution in [3.8, 4) is 0 Å². The second-order valence-electron chi connectivity index (χ2n) is 8.79. The molecule has 1 N–H and O–H groups in total. The van der Waals surface area contributed by atoms with Crippen molar-refractivity contribution in [3.63, 3.8) is 0 Å². The first-order chi connectivity index (χ1) is 12.5. The third-order valence-corrected chi connectivity index (χ3v) is 6.68. The third kappa shape index (κ3) is 3.38. The summed E-state index contributed by atoms with van der Waals surface area (Å²) in [5, 5.41) is 3.28. The predicted octanol–water partition coefficient (Wildman–Crippen LogP) is 3.88. The lowest BCUT2D eigenvalue weighted by atomic mass is 9.53.